The lowest BCUT2D eigenvalue weighted by Crippen LogP contribution is -2.43. The fourth-order valence-electron chi connectivity index (χ4n) is 2.28. The van der Waals surface area contributed by atoms with Crippen LogP contribution in [-0.2, 0) is 15.2 Å². The third kappa shape index (κ3) is 3.16. The van der Waals surface area contributed by atoms with Crippen molar-refractivity contribution in [3.05, 3.63) is 24.6 Å². The number of hydrogen-bond donors (Lipinski definition) is 1. The normalized spacial score (nSPS) is 25.4. The van der Waals surface area contributed by atoms with E-state index in [1.54, 1.807) is 0 Å². The Bertz CT molecular complexity index is 647. The number of aromatic nitrogens is 3. The van der Waals surface area contributed by atoms with Crippen molar-refractivity contribution in [2.75, 3.05) is 12.3 Å². The van der Waals surface area contributed by atoms with E-state index in [1.165, 1.54) is 17.2 Å². The van der Waals surface area contributed by atoms with Gasteiger partial charge in [-0.05, 0) is 20.3 Å². The maximum Gasteiger partial charge on any atom is 0.252 e. The zero-order valence-corrected chi connectivity index (χ0v) is 12.8. The van der Waals surface area contributed by atoms with E-state index in [1.807, 2.05) is 13.8 Å². The molecule has 0 aliphatic carbocycles. The predicted octanol–water partition coefficient (Wildman–Crippen LogP) is 0.685. The van der Waals surface area contributed by atoms with Crippen molar-refractivity contribution in [1.82, 2.24) is 14.8 Å². The van der Waals surface area contributed by atoms with Gasteiger partial charge in [-0.2, -0.15) is 15.0 Å². The molecule has 2 atom stereocenters. The van der Waals surface area contributed by atoms with Crippen molar-refractivity contribution in [3.8, 4) is 6.07 Å². The van der Waals surface area contributed by atoms with E-state index >= 15 is 0 Å². The lowest BCUT2D eigenvalue weighted by atomic mass is 10.1. The van der Waals surface area contributed by atoms with E-state index in [2.05, 4.69) is 27.7 Å². The summed E-state index contributed by atoms with van der Waals surface area (Å²) in [5.41, 5.74) is 4.81. The Morgan fingerprint density at radius 3 is 3.18 bits per heavy atom. The molecule has 0 radical (unpaired) electrons. The fraction of sp³-hybridized carbons (Fsp3) is 0.571. The van der Waals surface area contributed by atoms with Crippen LogP contribution in [0.4, 0.5) is 5.82 Å². The van der Waals surface area contributed by atoms with Gasteiger partial charge in [-0.25, -0.2) is 9.98 Å². The highest BCUT2D eigenvalue weighted by atomic mass is 16.6. The van der Waals surface area contributed by atoms with Gasteiger partial charge in [0, 0.05) is 12.6 Å². The van der Waals surface area contributed by atoms with Crippen LogP contribution in [0.1, 0.15) is 26.7 Å². The summed E-state index contributed by atoms with van der Waals surface area (Å²) in [6.07, 6.45) is 3.68. The minimum Gasteiger partial charge on any atom is -0.381 e. The van der Waals surface area contributed by atoms with Crippen LogP contribution in [-0.4, -0.2) is 33.6 Å². The molecule has 1 saturated heterocycles. The summed E-state index contributed by atoms with van der Waals surface area (Å²) in [4.78, 5) is 7.95. The van der Waals surface area contributed by atoms with Gasteiger partial charge in [-0.15, -0.1) is 0 Å². The number of hydrogen-bond acceptors (Lipinski definition) is 7. The third-order valence-electron chi connectivity index (χ3n) is 3.31. The SMILES string of the molecule is C=CN=c1c(N)ncnn1[C@@]1(C#N)CC[C@@H](COC(C)C)O1. The van der Waals surface area contributed by atoms with Crippen LogP contribution in [0.25, 0.3) is 0 Å². The average molecular weight is 304 g/mol. The van der Waals surface area contributed by atoms with Gasteiger partial charge in [0.1, 0.15) is 12.4 Å². The summed E-state index contributed by atoms with van der Waals surface area (Å²) in [5.74, 6) is 0.162. The lowest BCUT2D eigenvalue weighted by Gasteiger charge is -2.24. The van der Waals surface area contributed by atoms with E-state index in [9.17, 15) is 5.26 Å². The van der Waals surface area contributed by atoms with E-state index in [4.69, 9.17) is 15.2 Å². The summed E-state index contributed by atoms with van der Waals surface area (Å²) >= 11 is 0. The highest BCUT2D eigenvalue weighted by Crippen LogP contribution is 2.33. The van der Waals surface area contributed by atoms with Gasteiger partial charge in [-0.1, -0.05) is 6.58 Å². The van der Waals surface area contributed by atoms with Crippen molar-refractivity contribution >= 4 is 5.82 Å². The van der Waals surface area contributed by atoms with Crippen LogP contribution < -0.4 is 11.2 Å². The highest BCUT2D eigenvalue weighted by molar-refractivity contribution is 5.22. The molecule has 2 N–H and O–H groups in total. The van der Waals surface area contributed by atoms with Crippen molar-refractivity contribution in [2.45, 2.75) is 44.6 Å². The number of nitrogen functional groups attached to an aromatic ring is 1. The molecule has 1 fully saturated rings. The Hall–Kier alpha value is -2.24. The first-order valence-corrected chi connectivity index (χ1v) is 7.08. The van der Waals surface area contributed by atoms with E-state index in [0.717, 1.165) is 0 Å². The number of nitrogens with zero attached hydrogens (tertiary/aromatic N) is 5. The van der Waals surface area contributed by atoms with E-state index < -0.39 is 5.72 Å². The smallest absolute Gasteiger partial charge is 0.252 e. The molecule has 0 bridgehead atoms. The highest BCUT2D eigenvalue weighted by Gasteiger charge is 2.44. The molecule has 1 aromatic heterocycles. The summed E-state index contributed by atoms with van der Waals surface area (Å²) in [6.45, 7) is 7.87. The van der Waals surface area contributed by atoms with Crippen molar-refractivity contribution in [2.24, 2.45) is 4.99 Å². The van der Waals surface area contributed by atoms with Gasteiger partial charge in [0.15, 0.2) is 11.3 Å². The summed E-state index contributed by atoms with van der Waals surface area (Å²) < 4.78 is 12.8. The van der Waals surface area contributed by atoms with Crippen molar-refractivity contribution in [1.29, 1.82) is 5.26 Å². The van der Waals surface area contributed by atoms with Crippen LogP contribution in [0, 0.1) is 11.3 Å². The molecular weight excluding hydrogens is 284 g/mol. The lowest BCUT2D eigenvalue weighted by molar-refractivity contribution is -0.0980. The minimum absolute atomic E-state index is 0.106. The molecule has 22 heavy (non-hydrogen) atoms. The maximum absolute atomic E-state index is 9.64. The molecule has 0 amide bonds. The Labute approximate surface area is 128 Å². The Morgan fingerprint density at radius 1 is 1.77 bits per heavy atom. The van der Waals surface area contributed by atoms with E-state index in [0.29, 0.717) is 19.4 Å². The molecule has 0 saturated carbocycles. The van der Waals surface area contributed by atoms with Gasteiger partial charge in [0.2, 0.25) is 0 Å². The molecule has 0 spiro atoms. The van der Waals surface area contributed by atoms with Gasteiger partial charge in [0.25, 0.3) is 5.72 Å². The molecule has 8 nitrogen and oxygen atoms in total. The zero-order chi connectivity index (χ0) is 16.2. The summed E-state index contributed by atoms with van der Waals surface area (Å²) in [6, 6.07) is 2.18. The van der Waals surface area contributed by atoms with Crippen LogP contribution in [0.5, 0.6) is 0 Å². The molecule has 1 aliphatic rings. The van der Waals surface area contributed by atoms with Crippen LogP contribution >= 0.6 is 0 Å². The fourth-order valence-corrected chi connectivity index (χ4v) is 2.28. The van der Waals surface area contributed by atoms with Gasteiger partial charge in [-0.3, -0.25) is 0 Å². The standard InChI is InChI=1S/C14H20N6O2/c1-4-17-13-12(16)18-9-19-20(13)14(8-15)6-5-11(22-14)7-21-10(2)3/h4,9-11H,1,5-7H2,2-3H3,(H2,16,18,19)/t11-,14-/m0/s1. The molecule has 1 aliphatic heterocycles. The summed E-state index contributed by atoms with van der Waals surface area (Å²) in [5, 5.41) is 13.8. The minimum atomic E-state index is -1.26. The second kappa shape index (κ2) is 6.68. The van der Waals surface area contributed by atoms with E-state index in [-0.39, 0.29) is 23.5 Å². The van der Waals surface area contributed by atoms with Crippen molar-refractivity contribution in [3.63, 3.8) is 0 Å². The quantitative estimate of drug-likeness (QED) is 0.856. The topological polar surface area (TPSA) is 111 Å². The van der Waals surface area contributed by atoms with Crippen LogP contribution in [0.3, 0.4) is 0 Å². The average Bonchev–Trinajstić information content (AvgIpc) is 2.92. The molecular formula is C14H20N6O2. The molecule has 1 aromatic rings. The third-order valence-corrected chi connectivity index (χ3v) is 3.31. The molecule has 0 unspecified atom stereocenters. The Morgan fingerprint density at radius 2 is 2.55 bits per heavy atom. The second-order valence-electron chi connectivity index (χ2n) is 5.25. The molecule has 2 heterocycles. The van der Waals surface area contributed by atoms with Crippen molar-refractivity contribution < 1.29 is 9.47 Å². The van der Waals surface area contributed by atoms with Gasteiger partial charge < -0.3 is 15.2 Å². The van der Waals surface area contributed by atoms with Crippen LogP contribution in [0.15, 0.2) is 24.1 Å². The molecule has 118 valence electrons. The number of rotatable bonds is 5. The molecule has 0 aromatic carbocycles. The number of ether oxygens (including phenoxy) is 2. The first-order valence-electron chi connectivity index (χ1n) is 7.08. The van der Waals surface area contributed by atoms with Crippen LogP contribution in [0.2, 0.25) is 0 Å². The molecule has 2 rings (SSSR count). The second-order valence-corrected chi connectivity index (χ2v) is 5.25. The Balaban J connectivity index is 2.34. The number of anilines is 1. The predicted molar refractivity (Wildman–Crippen MR) is 79.0 cm³/mol. The Kier molecular flexibility index (Phi) is 4.90. The molecule has 8 heteroatoms. The van der Waals surface area contributed by atoms with Gasteiger partial charge >= 0.3 is 0 Å². The monoisotopic (exact) mass is 304 g/mol. The summed E-state index contributed by atoms with van der Waals surface area (Å²) in [7, 11) is 0. The number of nitrogens with two attached hydrogens (primary N) is 1. The first-order chi connectivity index (χ1) is 10.5. The zero-order valence-electron chi connectivity index (χ0n) is 12.8. The van der Waals surface area contributed by atoms with Gasteiger partial charge in [0.05, 0.1) is 18.8 Å². The first kappa shape index (κ1) is 16.1. The number of nitriles is 1. The maximum atomic E-state index is 9.64. The largest absolute Gasteiger partial charge is 0.381 e.